The van der Waals surface area contributed by atoms with Crippen molar-refractivity contribution in [2.24, 2.45) is 17.8 Å². The van der Waals surface area contributed by atoms with Crippen molar-refractivity contribution in [3.63, 3.8) is 0 Å². The summed E-state index contributed by atoms with van der Waals surface area (Å²) < 4.78 is 16.8. The van der Waals surface area contributed by atoms with E-state index in [0.717, 1.165) is 75.5 Å². The van der Waals surface area contributed by atoms with Crippen LogP contribution in [0.1, 0.15) is 279 Å². The van der Waals surface area contributed by atoms with E-state index in [1.165, 1.54) is 161 Å². The second kappa shape index (κ2) is 43.5. The van der Waals surface area contributed by atoms with E-state index in [0.29, 0.717) is 19.3 Å². The Balaban J connectivity index is 4.29. The lowest BCUT2D eigenvalue weighted by Gasteiger charge is -2.18. The van der Waals surface area contributed by atoms with Crippen molar-refractivity contribution in [1.82, 2.24) is 0 Å². The van der Waals surface area contributed by atoms with Gasteiger partial charge in [-0.2, -0.15) is 0 Å². The zero-order valence-electron chi connectivity index (χ0n) is 39.8. The molecule has 0 N–H and O–H groups in total. The predicted molar refractivity (Wildman–Crippen MR) is 247 cm³/mol. The summed E-state index contributed by atoms with van der Waals surface area (Å²) in [5, 5.41) is 0. The summed E-state index contributed by atoms with van der Waals surface area (Å²) in [6.45, 7) is 13.7. The van der Waals surface area contributed by atoms with E-state index in [-0.39, 0.29) is 31.1 Å². The van der Waals surface area contributed by atoms with Crippen LogP contribution in [-0.2, 0) is 28.6 Å². The first-order valence-corrected chi connectivity index (χ1v) is 25.6. The number of hydrogen-bond donors (Lipinski definition) is 0. The Hall–Kier alpha value is -1.59. The van der Waals surface area contributed by atoms with Gasteiger partial charge in [-0.25, -0.2) is 0 Å². The van der Waals surface area contributed by atoms with E-state index in [1.807, 2.05) is 0 Å². The Morgan fingerprint density at radius 3 is 0.897 bits per heavy atom. The molecule has 0 rings (SSSR count). The summed E-state index contributed by atoms with van der Waals surface area (Å²) in [5.41, 5.74) is 0. The minimum atomic E-state index is -0.763. The van der Waals surface area contributed by atoms with Gasteiger partial charge >= 0.3 is 17.9 Å². The highest BCUT2D eigenvalue weighted by molar-refractivity contribution is 5.71. The molecule has 0 saturated heterocycles. The molecule has 0 aromatic heterocycles. The van der Waals surface area contributed by atoms with Gasteiger partial charge in [-0.05, 0) is 37.0 Å². The fraction of sp³-hybridized carbons (Fsp3) is 0.942. The van der Waals surface area contributed by atoms with E-state index < -0.39 is 6.10 Å². The summed E-state index contributed by atoms with van der Waals surface area (Å²) in [7, 11) is 0. The molecular formula is C52H100O6. The number of carbonyl (C=O) groups excluding carboxylic acids is 3. The molecule has 0 saturated carbocycles. The second-order valence-electron chi connectivity index (χ2n) is 19.0. The van der Waals surface area contributed by atoms with E-state index in [9.17, 15) is 14.4 Å². The highest BCUT2D eigenvalue weighted by atomic mass is 16.6. The minimum absolute atomic E-state index is 0.0656. The number of hydrogen-bond acceptors (Lipinski definition) is 6. The van der Waals surface area contributed by atoms with Gasteiger partial charge in [-0.15, -0.1) is 0 Å². The second-order valence-corrected chi connectivity index (χ2v) is 19.0. The van der Waals surface area contributed by atoms with Crippen LogP contribution in [-0.4, -0.2) is 37.2 Å². The molecule has 0 heterocycles. The van der Waals surface area contributed by atoms with Crippen LogP contribution in [0.4, 0.5) is 0 Å². The topological polar surface area (TPSA) is 78.9 Å². The first-order chi connectivity index (χ1) is 28.1. The molecule has 2 atom stereocenters. The molecule has 0 aromatic carbocycles. The van der Waals surface area contributed by atoms with Crippen LogP contribution in [0.2, 0.25) is 0 Å². The molecule has 0 aliphatic heterocycles. The van der Waals surface area contributed by atoms with Gasteiger partial charge in [0.15, 0.2) is 6.10 Å². The lowest BCUT2D eigenvalue weighted by atomic mass is 9.99. The highest BCUT2D eigenvalue weighted by Gasteiger charge is 2.19. The smallest absolute Gasteiger partial charge is 0.306 e. The van der Waals surface area contributed by atoms with E-state index in [4.69, 9.17) is 14.2 Å². The molecule has 0 bridgehead atoms. The van der Waals surface area contributed by atoms with Crippen LogP contribution in [0.25, 0.3) is 0 Å². The van der Waals surface area contributed by atoms with Crippen LogP contribution >= 0.6 is 0 Å². The van der Waals surface area contributed by atoms with Gasteiger partial charge in [-0.1, -0.05) is 241 Å². The lowest BCUT2D eigenvalue weighted by Crippen LogP contribution is -2.30. The molecule has 0 aliphatic carbocycles. The molecule has 0 spiro atoms. The van der Waals surface area contributed by atoms with Crippen molar-refractivity contribution in [3.8, 4) is 0 Å². The first-order valence-electron chi connectivity index (χ1n) is 25.6. The van der Waals surface area contributed by atoms with E-state index >= 15 is 0 Å². The molecule has 0 radical (unpaired) electrons. The van der Waals surface area contributed by atoms with Crippen molar-refractivity contribution in [2.75, 3.05) is 13.2 Å². The largest absolute Gasteiger partial charge is 0.462 e. The zero-order valence-corrected chi connectivity index (χ0v) is 39.8. The number of carbonyl (C=O) groups is 3. The third-order valence-electron chi connectivity index (χ3n) is 12.0. The zero-order chi connectivity index (χ0) is 42.7. The molecule has 0 amide bonds. The van der Waals surface area contributed by atoms with Crippen LogP contribution in [0, 0.1) is 17.8 Å². The Bertz CT molecular complexity index is 900. The summed E-state index contributed by atoms with van der Waals surface area (Å²) in [6.07, 6.45) is 42.4. The Labute approximate surface area is 361 Å². The SMILES string of the molecule is CCC(C)CCCCCCCCCCCCCCCCC(=O)O[C@H](COC(=O)CCCCCCCCCCCC(C)C)COC(=O)CCCCCCCCCC(C)C. The average molecular weight is 821 g/mol. The van der Waals surface area contributed by atoms with Crippen molar-refractivity contribution in [3.05, 3.63) is 0 Å². The quantitative estimate of drug-likeness (QED) is 0.0346. The van der Waals surface area contributed by atoms with Crippen molar-refractivity contribution >= 4 is 17.9 Å². The van der Waals surface area contributed by atoms with Crippen molar-refractivity contribution < 1.29 is 28.6 Å². The van der Waals surface area contributed by atoms with Gasteiger partial charge in [0, 0.05) is 19.3 Å². The molecule has 6 heteroatoms. The van der Waals surface area contributed by atoms with Crippen LogP contribution in [0.5, 0.6) is 0 Å². The van der Waals surface area contributed by atoms with Crippen LogP contribution in [0.15, 0.2) is 0 Å². The highest BCUT2D eigenvalue weighted by Crippen LogP contribution is 2.18. The lowest BCUT2D eigenvalue weighted by molar-refractivity contribution is -0.167. The van der Waals surface area contributed by atoms with Crippen molar-refractivity contribution in [2.45, 2.75) is 285 Å². The maximum atomic E-state index is 12.8. The van der Waals surface area contributed by atoms with E-state index in [1.54, 1.807) is 0 Å². The van der Waals surface area contributed by atoms with Crippen LogP contribution in [0.3, 0.4) is 0 Å². The first kappa shape index (κ1) is 56.4. The fourth-order valence-corrected chi connectivity index (χ4v) is 7.73. The Kier molecular flexibility index (Phi) is 42.3. The third kappa shape index (κ3) is 44.0. The molecule has 6 nitrogen and oxygen atoms in total. The molecule has 0 aliphatic rings. The summed E-state index contributed by atoms with van der Waals surface area (Å²) in [4.78, 5) is 37.9. The summed E-state index contributed by atoms with van der Waals surface area (Å²) >= 11 is 0. The Morgan fingerprint density at radius 1 is 0.345 bits per heavy atom. The van der Waals surface area contributed by atoms with Gasteiger partial charge in [-0.3, -0.25) is 14.4 Å². The molecular weight excluding hydrogens is 721 g/mol. The summed E-state index contributed by atoms with van der Waals surface area (Å²) in [5.74, 6) is 1.63. The average Bonchev–Trinajstić information content (AvgIpc) is 3.19. The molecule has 0 aromatic rings. The van der Waals surface area contributed by atoms with Gasteiger partial charge < -0.3 is 14.2 Å². The minimum Gasteiger partial charge on any atom is -0.462 e. The number of esters is 3. The van der Waals surface area contributed by atoms with Gasteiger partial charge in [0.2, 0.25) is 0 Å². The molecule has 58 heavy (non-hydrogen) atoms. The van der Waals surface area contributed by atoms with Crippen LogP contribution < -0.4 is 0 Å². The number of unbranched alkanes of at least 4 members (excludes halogenated alkanes) is 27. The van der Waals surface area contributed by atoms with Crippen molar-refractivity contribution in [1.29, 1.82) is 0 Å². The standard InChI is InChI=1S/C52H100O6/c1-7-48(6)40-34-28-22-16-12-10-8-9-11-13-17-24-31-37-43-52(55)58-49(45-57-51(54)42-36-30-25-19-21-27-33-39-47(4)5)44-56-50(53)41-35-29-23-18-14-15-20-26-32-38-46(2)3/h46-49H,7-45H2,1-6H3/t48?,49-/m1/s1. The third-order valence-corrected chi connectivity index (χ3v) is 12.0. The van der Waals surface area contributed by atoms with Gasteiger partial charge in [0.25, 0.3) is 0 Å². The number of ether oxygens (including phenoxy) is 3. The normalized spacial score (nSPS) is 12.6. The maximum Gasteiger partial charge on any atom is 0.306 e. The molecule has 0 fully saturated rings. The molecule has 1 unspecified atom stereocenters. The Morgan fingerprint density at radius 2 is 0.603 bits per heavy atom. The predicted octanol–water partition coefficient (Wildman–Crippen LogP) is 16.4. The van der Waals surface area contributed by atoms with E-state index in [2.05, 4.69) is 41.5 Å². The maximum absolute atomic E-state index is 12.8. The summed E-state index contributed by atoms with van der Waals surface area (Å²) in [6, 6.07) is 0. The number of rotatable bonds is 45. The monoisotopic (exact) mass is 821 g/mol. The van der Waals surface area contributed by atoms with Gasteiger partial charge in [0.05, 0.1) is 0 Å². The fourth-order valence-electron chi connectivity index (χ4n) is 7.73. The van der Waals surface area contributed by atoms with Gasteiger partial charge in [0.1, 0.15) is 13.2 Å². The molecule has 344 valence electrons.